The van der Waals surface area contributed by atoms with E-state index in [1.165, 1.54) is 5.06 Å². The maximum Gasteiger partial charge on any atom is 0.226 e. The summed E-state index contributed by atoms with van der Waals surface area (Å²) in [4.78, 5) is 18.9. The van der Waals surface area contributed by atoms with E-state index in [1.807, 2.05) is 66.7 Å². The van der Waals surface area contributed by atoms with Gasteiger partial charge in [-0.2, -0.15) is 5.06 Å². The largest absolute Gasteiger partial charge is 0.492 e. The lowest BCUT2D eigenvalue weighted by Gasteiger charge is -2.30. The van der Waals surface area contributed by atoms with Gasteiger partial charge in [0.2, 0.25) is 5.91 Å². The average Bonchev–Trinajstić information content (AvgIpc) is 2.86. The smallest absolute Gasteiger partial charge is 0.226 e. The Morgan fingerprint density at radius 2 is 1.67 bits per heavy atom. The number of aromatic nitrogens is 1. The lowest BCUT2D eigenvalue weighted by molar-refractivity contribution is -0.120. The molecule has 0 atom stereocenters. The second-order valence-electron chi connectivity index (χ2n) is 8.15. The first-order chi connectivity index (χ1) is 16.2. The van der Waals surface area contributed by atoms with Crippen LogP contribution in [0.1, 0.15) is 11.3 Å². The molecule has 0 saturated carbocycles. The molecule has 0 radical (unpaired) electrons. The van der Waals surface area contributed by atoms with Crippen molar-refractivity contribution in [2.24, 2.45) is 0 Å². The molecule has 2 heterocycles. The molecule has 1 aromatic heterocycles. The van der Waals surface area contributed by atoms with Crippen LogP contribution in [0.25, 0.3) is 11.1 Å². The van der Waals surface area contributed by atoms with Crippen LogP contribution in [0.4, 0.5) is 0 Å². The van der Waals surface area contributed by atoms with Crippen LogP contribution in [-0.2, 0) is 17.8 Å². The lowest BCUT2D eigenvalue weighted by atomic mass is 10.1. The number of rotatable bonds is 9. The summed E-state index contributed by atoms with van der Waals surface area (Å²) in [7, 11) is 0. The number of benzene rings is 2. The van der Waals surface area contributed by atoms with Gasteiger partial charge in [-0.25, -0.2) is 0 Å². The number of nitrogens with one attached hydrogen (secondary N) is 1. The predicted octanol–water partition coefficient (Wildman–Crippen LogP) is 2.99. The molecule has 7 nitrogen and oxygen atoms in total. The van der Waals surface area contributed by atoms with Gasteiger partial charge in [0, 0.05) is 56.7 Å². The first-order valence-corrected chi connectivity index (χ1v) is 11.3. The van der Waals surface area contributed by atoms with Gasteiger partial charge in [0.25, 0.3) is 0 Å². The van der Waals surface area contributed by atoms with Gasteiger partial charge in [0.1, 0.15) is 12.4 Å². The van der Waals surface area contributed by atoms with Crippen molar-refractivity contribution in [3.05, 3.63) is 84.2 Å². The molecule has 1 saturated heterocycles. The van der Waals surface area contributed by atoms with Crippen LogP contribution in [0, 0.1) is 0 Å². The zero-order valence-electron chi connectivity index (χ0n) is 18.7. The minimum absolute atomic E-state index is 0.0427. The molecule has 1 aliphatic rings. The van der Waals surface area contributed by atoms with Crippen molar-refractivity contribution in [1.29, 1.82) is 0 Å². The van der Waals surface area contributed by atoms with Crippen LogP contribution in [0.3, 0.4) is 0 Å². The second kappa shape index (κ2) is 11.6. The van der Waals surface area contributed by atoms with Gasteiger partial charge >= 0.3 is 0 Å². The topological polar surface area (TPSA) is 77.9 Å². The molecule has 1 aliphatic heterocycles. The number of hydrogen-bond donors (Lipinski definition) is 2. The maximum absolute atomic E-state index is 12.2. The van der Waals surface area contributed by atoms with Crippen molar-refractivity contribution in [2.75, 3.05) is 39.3 Å². The fourth-order valence-corrected chi connectivity index (χ4v) is 3.72. The van der Waals surface area contributed by atoms with E-state index in [1.54, 1.807) is 6.20 Å². The number of hydroxylamine groups is 2. The summed E-state index contributed by atoms with van der Waals surface area (Å²) in [6, 6.07) is 21.7. The SMILES string of the molecule is O=C(Cc1ccc(-c2ccc(OCCN3CCN(O)CC3)cc2)cn1)NCc1ccccc1. The summed E-state index contributed by atoms with van der Waals surface area (Å²) in [5.41, 5.74) is 3.86. The number of hydrogen-bond acceptors (Lipinski definition) is 6. The van der Waals surface area contributed by atoms with Crippen LogP contribution in [-0.4, -0.2) is 65.4 Å². The third-order valence-electron chi connectivity index (χ3n) is 5.71. The van der Waals surface area contributed by atoms with Gasteiger partial charge in [0.05, 0.1) is 6.42 Å². The normalized spacial score (nSPS) is 14.7. The minimum atomic E-state index is -0.0427. The summed E-state index contributed by atoms with van der Waals surface area (Å²) < 4.78 is 5.87. The number of pyridine rings is 1. The first kappa shape index (κ1) is 22.9. The quantitative estimate of drug-likeness (QED) is 0.526. The Bertz CT molecular complexity index is 1000. The van der Waals surface area contributed by atoms with E-state index in [-0.39, 0.29) is 12.3 Å². The lowest BCUT2D eigenvalue weighted by Crippen LogP contribution is -2.45. The number of piperazine rings is 1. The van der Waals surface area contributed by atoms with Crippen molar-refractivity contribution in [3.63, 3.8) is 0 Å². The maximum atomic E-state index is 12.2. The minimum Gasteiger partial charge on any atom is -0.492 e. The molecule has 3 aromatic rings. The zero-order valence-corrected chi connectivity index (χ0v) is 18.7. The molecule has 0 aliphatic carbocycles. The van der Waals surface area contributed by atoms with Crippen LogP contribution in [0.2, 0.25) is 0 Å². The Morgan fingerprint density at radius 1 is 0.939 bits per heavy atom. The van der Waals surface area contributed by atoms with Crippen molar-refractivity contribution < 1.29 is 14.7 Å². The Labute approximate surface area is 194 Å². The fraction of sp³-hybridized carbons (Fsp3) is 0.308. The molecule has 0 spiro atoms. The number of nitrogens with zero attached hydrogens (tertiary/aromatic N) is 3. The molecule has 1 amide bonds. The van der Waals surface area contributed by atoms with Crippen LogP contribution in [0.5, 0.6) is 5.75 Å². The van der Waals surface area contributed by atoms with Crippen LogP contribution < -0.4 is 10.1 Å². The Morgan fingerprint density at radius 3 is 2.36 bits per heavy atom. The average molecular weight is 447 g/mol. The van der Waals surface area contributed by atoms with Gasteiger partial charge in [-0.15, -0.1) is 0 Å². The van der Waals surface area contributed by atoms with Crippen LogP contribution >= 0.6 is 0 Å². The highest BCUT2D eigenvalue weighted by molar-refractivity contribution is 5.78. The predicted molar refractivity (Wildman–Crippen MR) is 127 cm³/mol. The number of carbonyl (C=O) groups excluding carboxylic acids is 1. The number of carbonyl (C=O) groups is 1. The summed E-state index contributed by atoms with van der Waals surface area (Å²) in [5, 5.41) is 13.7. The van der Waals surface area contributed by atoms with E-state index in [2.05, 4.69) is 15.2 Å². The molecule has 0 unspecified atom stereocenters. The van der Waals surface area contributed by atoms with Crippen molar-refractivity contribution >= 4 is 5.91 Å². The first-order valence-electron chi connectivity index (χ1n) is 11.3. The molecule has 0 bridgehead atoms. The standard InChI is InChI=1S/C26H30N4O3/c31-26(28-19-21-4-2-1-3-5-21)18-24-9-6-23(20-27-24)22-7-10-25(11-8-22)33-17-16-29-12-14-30(32)15-13-29/h1-11,20,32H,12-19H2,(H,28,31). The Hall–Kier alpha value is -3.26. The van der Waals surface area contributed by atoms with Gasteiger partial charge in [0.15, 0.2) is 0 Å². The van der Waals surface area contributed by atoms with Gasteiger partial charge in [-0.3, -0.25) is 14.7 Å². The molecule has 4 rings (SSSR count). The van der Waals surface area contributed by atoms with Crippen molar-refractivity contribution in [3.8, 4) is 16.9 Å². The monoisotopic (exact) mass is 446 g/mol. The molecule has 2 aromatic carbocycles. The number of ether oxygens (including phenoxy) is 1. The summed E-state index contributed by atoms with van der Waals surface area (Å²) in [5.74, 6) is 0.790. The molecule has 172 valence electrons. The highest BCUT2D eigenvalue weighted by Gasteiger charge is 2.14. The highest BCUT2D eigenvalue weighted by Crippen LogP contribution is 2.22. The van der Waals surface area contributed by atoms with Gasteiger partial charge in [-0.1, -0.05) is 48.5 Å². The van der Waals surface area contributed by atoms with Crippen molar-refractivity contribution in [1.82, 2.24) is 20.3 Å². The Balaban J connectivity index is 1.22. The second-order valence-corrected chi connectivity index (χ2v) is 8.15. The van der Waals surface area contributed by atoms with E-state index in [4.69, 9.17) is 4.74 Å². The van der Waals surface area contributed by atoms with Gasteiger partial charge < -0.3 is 15.3 Å². The third-order valence-corrected chi connectivity index (χ3v) is 5.71. The molecular weight excluding hydrogens is 416 g/mol. The van der Waals surface area contributed by atoms with E-state index in [9.17, 15) is 10.0 Å². The molecule has 2 N–H and O–H groups in total. The van der Waals surface area contributed by atoms with E-state index < -0.39 is 0 Å². The van der Waals surface area contributed by atoms with Gasteiger partial charge in [-0.05, 0) is 29.3 Å². The highest BCUT2D eigenvalue weighted by atomic mass is 16.5. The summed E-state index contributed by atoms with van der Waals surface area (Å²) >= 11 is 0. The zero-order chi connectivity index (χ0) is 22.9. The number of amides is 1. The third kappa shape index (κ3) is 7.12. The molecular formula is C26H30N4O3. The Kier molecular flexibility index (Phi) is 8.03. The van der Waals surface area contributed by atoms with Crippen LogP contribution in [0.15, 0.2) is 72.9 Å². The van der Waals surface area contributed by atoms with Crippen molar-refractivity contribution in [2.45, 2.75) is 13.0 Å². The van der Waals surface area contributed by atoms with E-state index in [0.717, 1.165) is 47.8 Å². The molecule has 7 heteroatoms. The van der Waals surface area contributed by atoms with E-state index >= 15 is 0 Å². The summed E-state index contributed by atoms with van der Waals surface area (Å²) in [6.07, 6.45) is 2.06. The molecule has 1 fully saturated rings. The molecule has 33 heavy (non-hydrogen) atoms. The summed E-state index contributed by atoms with van der Waals surface area (Å²) in [6.45, 7) is 5.06. The fourth-order valence-electron chi connectivity index (χ4n) is 3.72. The van der Waals surface area contributed by atoms with E-state index in [0.29, 0.717) is 26.2 Å².